The highest BCUT2D eigenvalue weighted by Crippen LogP contribution is 2.26. The Hall–Kier alpha value is -0.730. The molecule has 1 aromatic carbocycles. The first-order valence-electron chi connectivity index (χ1n) is 5.78. The van der Waals surface area contributed by atoms with Gasteiger partial charge in [-0.25, -0.2) is 0 Å². The summed E-state index contributed by atoms with van der Waals surface area (Å²) in [6, 6.07) is 7.93. The molecule has 1 fully saturated rings. The highest BCUT2D eigenvalue weighted by molar-refractivity contribution is 6.18. The summed E-state index contributed by atoms with van der Waals surface area (Å²) in [5, 5.41) is 9.22. The Morgan fingerprint density at radius 2 is 2.06 bits per heavy atom. The smallest absolute Gasteiger partial charge is 0.115 e. The number of halogens is 1. The van der Waals surface area contributed by atoms with Gasteiger partial charge in [0.25, 0.3) is 0 Å². The van der Waals surface area contributed by atoms with Crippen LogP contribution in [0.3, 0.4) is 0 Å². The first-order valence-corrected chi connectivity index (χ1v) is 6.32. The van der Waals surface area contributed by atoms with Gasteiger partial charge in [0.1, 0.15) is 5.75 Å². The van der Waals surface area contributed by atoms with Gasteiger partial charge in [0, 0.05) is 18.5 Å². The first-order chi connectivity index (χ1) is 7.70. The van der Waals surface area contributed by atoms with Crippen LogP contribution in [0, 0.1) is 5.92 Å². The van der Waals surface area contributed by atoms with E-state index in [4.69, 9.17) is 11.6 Å². The number of phenolic OH excluding ortho intramolecular Hbond substituents is 1. The van der Waals surface area contributed by atoms with Crippen molar-refractivity contribution in [2.45, 2.75) is 25.9 Å². The molecule has 88 valence electrons. The number of benzene rings is 1. The molecule has 1 aliphatic rings. The first kappa shape index (κ1) is 11.7. The molecule has 3 heteroatoms. The summed E-state index contributed by atoms with van der Waals surface area (Å²) in [4.78, 5) is 2.43. The summed E-state index contributed by atoms with van der Waals surface area (Å²) in [5.74, 6) is 1.72. The Labute approximate surface area is 102 Å². The topological polar surface area (TPSA) is 23.5 Å². The van der Waals surface area contributed by atoms with Gasteiger partial charge < -0.3 is 5.11 Å². The minimum absolute atomic E-state index is 0.326. The van der Waals surface area contributed by atoms with E-state index in [9.17, 15) is 5.11 Å². The fraction of sp³-hybridized carbons (Fsp3) is 0.538. The lowest BCUT2D eigenvalue weighted by molar-refractivity contribution is 0.242. The number of hydrogen-bond acceptors (Lipinski definition) is 2. The van der Waals surface area contributed by atoms with Gasteiger partial charge in [0.15, 0.2) is 0 Å². The molecule has 1 aromatic rings. The minimum atomic E-state index is 0.326. The second-order valence-corrected chi connectivity index (χ2v) is 4.93. The molecule has 0 spiro atoms. The third-order valence-corrected chi connectivity index (χ3v) is 3.79. The Morgan fingerprint density at radius 1 is 1.38 bits per heavy atom. The van der Waals surface area contributed by atoms with Gasteiger partial charge in [0.05, 0.1) is 0 Å². The monoisotopic (exact) mass is 239 g/mol. The maximum absolute atomic E-state index is 9.22. The van der Waals surface area contributed by atoms with E-state index >= 15 is 0 Å². The Kier molecular flexibility index (Phi) is 3.72. The molecule has 0 saturated carbocycles. The van der Waals surface area contributed by atoms with E-state index in [1.165, 1.54) is 12.0 Å². The average molecular weight is 240 g/mol. The fourth-order valence-electron chi connectivity index (χ4n) is 2.37. The van der Waals surface area contributed by atoms with E-state index in [0.29, 0.717) is 23.6 Å². The largest absolute Gasteiger partial charge is 0.508 e. The van der Waals surface area contributed by atoms with Crippen molar-refractivity contribution in [2.24, 2.45) is 5.92 Å². The predicted octanol–water partition coefficient (Wildman–Crippen LogP) is 2.84. The molecule has 2 nitrogen and oxygen atoms in total. The summed E-state index contributed by atoms with van der Waals surface area (Å²) in [6.45, 7) is 4.32. The zero-order chi connectivity index (χ0) is 11.5. The summed E-state index contributed by atoms with van der Waals surface area (Å²) in [6.07, 6.45) is 1.23. The molecular weight excluding hydrogens is 222 g/mol. The van der Waals surface area contributed by atoms with Crippen LogP contribution in [0.5, 0.6) is 5.75 Å². The van der Waals surface area contributed by atoms with Gasteiger partial charge in [-0.05, 0) is 36.6 Å². The maximum atomic E-state index is 9.22. The van der Waals surface area contributed by atoms with Crippen molar-refractivity contribution >= 4 is 11.6 Å². The number of rotatable bonds is 3. The van der Waals surface area contributed by atoms with Gasteiger partial charge in [-0.1, -0.05) is 19.1 Å². The summed E-state index contributed by atoms with van der Waals surface area (Å²) in [5.41, 5.74) is 1.24. The second-order valence-electron chi connectivity index (χ2n) is 4.62. The zero-order valence-electron chi connectivity index (χ0n) is 9.56. The molecule has 0 radical (unpaired) electrons. The van der Waals surface area contributed by atoms with Crippen molar-refractivity contribution in [3.63, 3.8) is 0 Å². The quantitative estimate of drug-likeness (QED) is 0.820. The summed E-state index contributed by atoms with van der Waals surface area (Å²) < 4.78 is 0. The molecule has 1 N–H and O–H groups in total. The average Bonchev–Trinajstić information content (AvgIpc) is 2.63. The van der Waals surface area contributed by atoms with Crippen LogP contribution in [0.15, 0.2) is 24.3 Å². The van der Waals surface area contributed by atoms with Crippen LogP contribution in [0.2, 0.25) is 0 Å². The number of aromatic hydroxyl groups is 1. The summed E-state index contributed by atoms with van der Waals surface area (Å²) in [7, 11) is 0. The normalized spacial score (nSPS) is 26.1. The zero-order valence-corrected chi connectivity index (χ0v) is 10.3. The van der Waals surface area contributed by atoms with E-state index in [2.05, 4.69) is 11.8 Å². The van der Waals surface area contributed by atoms with Crippen LogP contribution in [0.4, 0.5) is 0 Å². The lowest BCUT2D eigenvalue weighted by Crippen LogP contribution is -2.33. The molecule has 1 saturated heterocycles. The van der Waals surface area contributed by atoms with Crippen LogP contribution < -0.4 is 0 Å². The Morgan fingerprint density at radius 3 is 2.69 bits per heavy atom. The molecule has 2 unspecified atom stereocenters. The van der Waals surface area contributed by atoms with Crippen molar-refractivity contribution in [3.8, 4) is 5.75 Å². The third kappa shape index (κ3) is 2.50. The Bertz CT molecular complexity index is 338. The van der Waals surface area contributed by atoms with Gasteiger partial charge in [-0.3, -0.25) is 4.90 Å². The van der Waals surface area contributed by atoms with E-state index < -0.39 is 0 Å². The standard InChI is InChI=1S/C13H18ClNO/c1-10-6-7-15(13(10)8-14)9-11-2-4-12(16)5-3-11/h2-5,10,13,16H,6-9H2,1H3. The number of nitrogens with zero attached hydrogens (tertiary/aromatic N) is 1. The van der Waals surface area contributed by atoms with Crippen molar-refractivity contribution in [3.05, 3.63) is 29.8 Å². The fourth-order valence-corrected chi connectivity index (χ4v) is 2.87. The molecule has 16 heavy (non-hydrogen) atoms. The van der Waals surface area contributed by atoms with E-state index in [1.807, 2.05) is 12.1 Å². The molecule has 1 heterocycles. The van der Waals surface area contributed by atoms with E-state index in [-0.39, 0.29) is 0 Å². The number of phenols is 1. The maximum Gasteiger partial charge on any atom is 0.115 e. The van der Waals surface area contributed by atoms with Crippen LogP contribution in [0.1, 0.15) is 18.9 Å². The molecule has 1 aliphatic heterocycles. The molecule has 0 aliphatic carbocycles. The van der Waals surface area contributed by atoms with E-state index in [1.54, 1.807) is 12.1 Å². The minimum Gasteiger partial charge on any atom is -0.508 e. The van der Waals surface area contributed by atoms with Gasteiger partial charge in [0.2, 0.25) is 0 Å². The van der Waals surface area contributed by atoms with Gasteiger partial charge in [-0.2, -0.15) is 0 Å². The van der Waals surface area contributed by atoms with Gasteiger partial charge in [-0.15, -0.1) is 11.6 Å². The van der Waals surface area contributed by atoms with Crippen molar-refractivity contribution in [1.82, 2.24) is 4.90 Å². The van der Waals surface area contributed by atoms with Crippen LogP contribution in [-0.2, 0) is 6.54 Å². The number of likely N-dealkylation sites (tertiary alicyclic amines) is 1. The lowest BCUT2D eigenvalue weighted by atomic mass is 10.0. The number of hydrogen-bond donors (Lipinski definition) is 1. The second kappa shape index (κ2) is 5.07. The SMILES string of the molecule is CC1CCN(Cc2ccc(O)cc2)C1CCl. The highest BCUT2D eigenvalue weighted by Gasteiger charge is 2.29. The molecule has 0 aromatic heterocycles. The van der Waals surface area contributed by atoms with Crippen LogP contribution in [-0.4, -0.2) is 28.5 Å². The highest BCUT2D eigenvalue weighted by atomic mass is 35.5. The van der Waals surface area contributed by atoms with Crippen molar-refractivity contribution in [2.75, 3.05) is 12.4 Å². The molecule has 0 bridgehead atoms. The predicted molar refractivity (Wildman–Crippen MR) is 66.8 cm³/mol. The molecular formula is C13H18ClNO. The van der Waals surface area contributed by atoms with Crippen LogP contribution >= 0.6 is 11.6 Å². The number of alkyl halides is 1. The molecule has 2 atom stereocenters. The Balaban J connectivity index is 2.01. The molecule has 2 rings (SSSR count). The van der Waals surface area contributed by atoms with E-state index in [0.717, 1.165) is 13.1 Å². The lowest BCUT2D eigenvalue weighted by Gasteiger charge is -2.24. The van der Waals surface area contributed by atoms with Crippen molar-refractivity contribution < 1.29 is 5.11 Å². The van der Waals surface area contributed by atoms with Gasteiger partial charge >= 0.3 is 0 Å². The van der Waals surface area contributed by atoms with Crippen molar-refractivity contribution in [1.29, 1.82) is 0 Å². The summed E-state index contributed by atoms with van der Waals surface area (Å²) >= 11 is 6.01. The molecule has 0 amide bonds. The third-order valence-electron chi connectivity index (χ3n) is 3.48. The van der Waals surface area contributed by atoms with Crippen LogP contribution in [0.25, 0.3) is 0 Å².